The highest BCUT2D eigenvalue weighted by Crippen LogP contribution is 2.20. The van der Waals surface area contributed by atoms with Crippen LogP contribution in [-0.4, -0.2) is 41.2 Å². The predicted molar refractivity (Wildman–Crippen MR) is 83.3 cm³/mol. The number of aromatic nitrogens is 3. The highest BCUT2D eigenvalue weighted by Gasteiger charge is 2.06. The van der Waals surface area contributed by atoms with Crippen molar-refractivity contribution in [3.8, 4) is 0 Å². The van der Waals surface area contributed by atoms with E-state index in [1.54, 1.807) is 30.1 Å². The molecule has 0 bridgehead atoms. The first-order valence-corrected chi connectivity index (χ1v) is 6.65. The molecule has 0 fully saturated rings. The first-order chi connectivity index (χ1) is 11.0. The first-order valence-electron chi connectivity index (χ1n) is 6.65. The third-order valence-corrected chi connectivity index (χ3v) is 2.91. The van der Waals surface area contributed by atoms with Crippen molar-refractivity contribution in [1.82, 2.24) is 15.0 Å². The van der Waals surface area contributed by atoms with Crippen LogP contribution in [0.2, 0.25) is 0 Å². The average Bonchev–Trinajstić information content (AvgIpc) is 2.93. The van der Waals surface area contributed by atoms with Crippen molar-refractivity contribution in [2.24, 2.45) is 7.05 Å². The van der Waals surface area contributed by atoms with Crippen molar-refractivity contribution in [3.63, 3.8) is 0 Å². The summed E-state index contributed by atoms with van der Waals surface area (Å²) >= 11 is 0. The molecule has 2 aromatic rings. The third kappa shape index (κ3) is 4.16. The zero-order valence-corrected chi connectivity index (χ0v) is 13.0. The molecule has 8 nitrogen and oxygen atoms in total. The van der Waals surface area contributed by atoms with Crippen LogP contribution in [-0.2, 0) is 26.1 Å². The molecule has 0 aliphatic rings. The maximum absolute atomic E-state index is 11.3. The zero-order valence-electron chi connectivity index (χ0n) is 13.0. The SMILES string of the molecule is COC(=O)/C=C\N(/C=C\C(=O)OC)c1ccc2nn(C)nc2c1. The van der Waals surface area contributed by atoms with E-state index in [0.717, 1.165) is 5.52 Å². The van der Waals surface area contributed by atoms with Crippen molar-refractivity contribution in [2.45, 2.75) is 0 Å². The molecule has 0 amide bonds. The monoisotopic (exact) mass is 316 g/mol. The minimum absolute atomic E-state index is 0.512. The number of esters is 2. The summed E-state index contributed by atoms with van der Waals surface area (Å²) in [5, 5.41) is 8.42. The molecular formula is C15H16N4O4. The number of anilines is 1. The van der Waals surface area contributed by atoms with Crippen LogP contribution in [0.25, 0.3) is 11.0 Å². The van der Waals surface area contributed by atoms with Gasteiger partial charge in [0.15, 0.2) is 0 Å². The lowest BCUT2D eigenvalue weighted by molar-refractivity contribution is -0.135. The van der Waals surface area contributed by atoms with E-state index in [1.165, 1.54) is 43.6 Å². The van der Waals surface area contributed by atoms with Crippen LogP contribution in [0, 0.1) is 0 Å². The summed E-state index contributed by atoms with van der Waals surface area (Å²) in [6.07, 6.45) is 5.43. The van der Waals surface area contributed by atoms with E-state index in [2.05, 4.69) is 19.7 Å². The number of carbonyl (C=O) groups excluding carboxylic acids is 2. The van der Waals surface area contributed by atoms with Gasteiger partial charge in [0.1, 0.15) is 11.0 Å². The van der Waals surface area contributed by atoms with Gasteiger partial charge in [0.25, 0.3) is 0 Å². The second-order valence-corrected chi connectivity index (χ2v) is 4.45. The van der Waals surface area contributed by atoms with Gasteiger partial charge in [-0.3, -0.25) is 0 Å². The number of methoxy groups -OCH3 is 2. The minimum Gasteiger partial charge on any atom is -0.466 e. The van der Waals surface area contributed by atoms with Crippen molar-refractivity contribution in [2.75, 3.05) is 19.1 Å². The lowest BCUT2D eigenvalue weighted by atomic mass is 10.2. The van der Waals surface area contributed by atoms with E-state index in [1.807, 2.05) is 0 Å². The third-order valence-electron chi connectivity index (χ3n) is 2.91. The van der Waals surface area contributed by atoms with Gasteiger partial charge < -0.3 is 14.4 Å². The molecule has 8 heteroatoms. The molecule has 1 aromatic carbocycles. The molecule has 0 radical (unpaired) electrons. The number of fused-ring (bicyclic) bond motifs is 1. The second kappa shape index (κ2) is 7.21. The van der Waals surface area contributed by atoms with Crippen LogP contribution in [0.15, 0.2) is 42.8 Å². The van der Waals surface area contributed by atoms with Crippen LogP contribution in [0.3, 0.4) is 0 Å². The van der Waals surface area contributed by atoms with Gasteiger partial charge in [-0.2, -0.15) is 15.0 Å². The minimum atomic E-state index is -0.512. The molecule has 1 heterocycles. The van der Waals surface area contributed by atoms with Crippen molar-refractivity contribution < 1.29 is 19.1 Å². The van der Waals surface area contributed by atoms with Crippen LogP contribution in [0.5, 0.6) is 0 Å². The van der Waals surface area contributed by atoms with E-state index in [-0.39, 0.29) is 0 Å². The van der Waals surface area contributed by atoms with E-state index in [9.17, 15) is 9.59 Å². The smallest absolute Gasteiger partial charge is 0.331 e. The summed E-state index contributed by atoms with van der Waals surface area (Å²) in [4.78, 5) is 25.6. The van der Waals surface area contributed by atoms with Gasteiger partial charge in [-0.15, -0.1) is 0 Å². The fourth-order valence-electron chi connectivity index (χ4n) is 1.81. The Kier molecular flexibility index (Phi) is 5.08. The molecule has 1 aromatic heterocycles. The lowest BCUT2D eigenvalue weighted by Crippen LogP contribution is -2.10. The number of ether oxygens (including phenoxy) is 2. The maximum atomic E-state index is 11.3. The van der Waals surface area contributed by atoms with Crippen molar-refractivity contribution in [1.29, 1.82) is 0 Å². The molecule has 0 saturated carbocycles. The largest absolute Gasteiger partial charge is 0.466 e. The highest BCUT2D eigenvalue weighted by atomic mass is 16.5. The Balaban J connectivity index is 2.36. The van der Waals surface area contributed by atoms with E-state index in [4.69, 9.17) is 0 Å². The standard InChI is InChI=1S/C15H16N4O4/c1-18-16-12-5-4-11(10-13(12)17-18)19(8-6-14(20)22-2)9-7-15(21)23-3/h4-10H,1-3H3/b8-6-,9-7-. The summed E-state index contributed by atoms with van der Waals surface area (Å²) in [6.45, 7) is 0. The zero-order chi connectivity index (χ0) is 16.8. The fraction of sp³-hybridized carbons (Fsp3) is 0.200. The number of aryl methyl sites for hydroxylation is 1. The molecule has 0 aliphatic carbocycles. The van der Waals surface area contributed by atoms with E-state index < -0.39 is 11.9 Å². The van der Waals surface area contributed by atoms with Crippen molar-refractivity contribution in [3.05, 3.63) is 42.8 Å². The quantitative estimate of drug-likeness (QED) is 0.604. The van der Waals surface area contributed by atoms with Gasteiger partial charge in [-0.1, -0.05) is 0 Å². The molecule has 0 unspecified atom stereocenters. The molecule has 0 spiro atoms. The van der Waals surface area contributed by atoms with Gasteiger partial charge >= 0.3 is 11.9 Å². The molecule has 2 rings (SSSR count). The van der Waals surface area contributed by atoms with Gasteiger partial charge in [-0.05, 0) is 18.2 Å². The Hall–Kier alpha value is -3.16. The number of hydrogen-bond donors (Lipinski definition) is 0. The number of hydrogen-bond acceptors (Lipinski definition) is 7. The Bertz CT molecular complexity index is 753. The summed E-state index contributed by atoms with van der Waals surface area (Å²) in [5.41, 5.74) is 2.12. The van der Waals surface area contributed by atoms with Crippen molar-refractivity contribution >= 4 is 28.7 Å². The molecular weight excluding hydrogens is 300 g/mol. The second-order valence-electron chi connectivity index (χ2n) is 4.45. The Labute approximate surface area is 132 Å². The van der Waals surface area contributed by atoms with Gasteiger partial charge in [0.2, 0.25) is 0 Å². The number of rotatable bonds is 5. The van der Waals surface area contributed by atoms with Crippen LogP contribution >= 0.6 is 0 Å². The Morgan fingerprint density at radius 1 is 1.04 bits per heavy atom. The molecule has 0 N–H and O–H groups in total. The Morgan fingerprint density at radius 3 is 2.17 bits per heavy atom. The molecule has 0 aliphatic heterocycles. The maximum Gasteiger partial charge on any atom is 0.331 e. The predicted octanol–water partition coefficient (Wildman–Crippen LogP) is 1.15. The number of carbonyl (C=O) groups is 2. The molecule has 120 valence electrons. The van der Waals surface area contributed by atoms with E-state index >= 15 is 0 Å². The average molecular weight is 316 g/mol. The topological polar surface area (TPSA) is 86.5 Å². The summed E-state index contributed by atoms with van der Waals surface area (Å²) in [5.74, 6) is -1.02. The fourth-order valence-corrected chi connectivity index (χ4v) is 1.81. The van der Waals surface area contributed by atoms with Crippen LogP contribution in [0.1, 0.15) is 0 Å². The summed E-state index contributed by atoms with van der Waals surface area (Å²) in [7, 11) is 4.30. The Morgan fingerprint density at radius 2 is 1.61 bits per heavy atom. The normalized spacial score (nSPS) is 11.3. The molecule has 0 atom stereocenters. The van der Waals surface area contributed by atoms with Gasteiger partial charge in [-0.25, -0.2) is 9.59 Å². The van der Waals surface area contributed by atoms with E-state index in [0.29, 0.717) is 11.2 Å². The first kappa shape index (κ1) is 16.2. The summed E-state index contributed by atoms with van der Waals surface area (Å²) in [6, 6.07) is 5.37. The van der Waals surface area contributed by atoms with Gasteiger partial charge in [0.05, 0.1) is 14.2 Å². The summed E-state index contributed by atoms with van der Waals surface area (Å²) < 4.78 is 9.13. The van der Waals surface area contributed by atoms with Crippen LogP contribution < -0.4 is 4.90 Å². The lowest BCUT2D eigenvalue weighted by Gasteiger charge is -2.15. The molecule has 23 heavy (non-hydrogen) atoms. The number of benzene rings is 1. The molecule has 0 saturated heterocycles. The highest BCUT2D eigenvalue weighted by molar-refractivity contribution is 5.85. The van der Waals surface area contributed by atoms with Crippen LogP contribution in [0.4, 0.5) is 5.69 Å². The van der Waals surface area contributed by atoms with Gasteiger partial charge in [0, 0.05) is 37.3 Å². The number of nitrogens with zero attached hydrogens (tertiary/aromatic N) is 4.